The third-order valence-corrected chi connectivity index (χ3v) is 6.58. The number of benzene rings is 1. The SMILES string of the molecule is O=C(/C=C/c1cccnc1)N1CCN(C2c3ccc(Cl)cc3CCc3cccnc32)CC1. The Balaban J connectivity index is 1.35. The summed E-state index contributed by atoms with van der Waals surface area (Å²) in [5.74, 6) is 0.0417. The van der Waals surface area contributed by atoms with Gasteiger partial charge >= 0.3 is 0 Å². The Kier molecular flexibility index (Phi) is 6.02. The summed E-state index contributed by atoms with van der Waals surface area (Å²) in [5, 5.41) is 0.775. The molecule has 5 rings (SSSR count). The molecule has 0 spiro atoms. The van der Waals surface area contributed by atoms with Gasteiger partial charge in [0.2, 0.25) is 5.91 Å². The fourth-order valence-electron chi connectivity index (χ4n) is 4.70. The number of aryl methyl sites for hydroxylation is 2. The molecule has 1 aliphatic carbocycles. The van der Waals surface area contributed by atoms with Gasteiger partial charge in [-0.15, -0.1) is 0 Å². The average Bonchev–Trinajstić information content (AvgIpc) is 3.00. The van der Waals surface area contributed by atoms with Crippen LogP contribution in [0.2, 0.25) is 5.02 Å². The highest BCUT2D eigenvalue weighted by molar-refractivity contribution is 6.30. The van der Waals surface area contributed by atoms with E-state index >= 15 is 0 Å². The second kappa shape index (κ2) is 9.23. The van der Waals surface area contributed by atoms with Crippen LogP contribution in [-0.2, 0) is 17.6 Å². The number of amides is 1. The zero-order valence-electron chi connectivity index (χ0n) is 17.8. The van der Waals surface area contributed by atoms with Gasteiger partial charge in [-0.3, -0.25) is 19.7 Å². The van der Waals surface area contributed by atoms with Crippen LogP contribution in [0.3, 0.4) is 0 Å². The zero-order chi connectivity index (χ0) is 21.9. The van der Waals surface area contributed by atoms with Gasteiger partial charge in [-0.05, 0) is 65.4 Å². The highest BCUT2D eigenvalue weighted by atomic mass is 35.5. The number of hydrogen-bond donors (Lipinski definition) is 0. The fraction of sp³-hybridized carbons (Fsp3) is 0.269. The largest absolute Gasteiger partial charge is 0.337 e. The number of nitrogens with zero attached hydrogens (tertiary/aromatic N) is 4. The molecule has 3 heterocycles. The Hall–Kier alpha value is -3.02. The predicted molar refractivity (Wildman–Crippen MR) is 126 cm³/mol. The summed E-state index contributed by atoms with van der Waals surface area (Å²) in [5.41, 5.74) is 5.92. The summed E-state index contributed by atoms with van der Waals surface area (Å²) in [6, 6.07) is 14.3. The molecule has 1 saturated heterocycles. The Morgan fingerprint density at radius 2 is 1.81 bits per heavy atom. The van der Waals surface area contributed by atoms with Crippen LogP contribution in [0.1, 0.15) is 34.0 Å². The van der Waals surface area contributed by atoms with Crippen LogP contribution < -0.4 is 0 Å². The lowest BCUT2D eigenvalue weighted by molar-refractivity contribution is -0.127. The van der Waals surface area contributed by atoms with E-state index in [4.69, 9.17) is 16.6 Å². The number of piperazine rings is 1. The molecule has 1 fully saturated rings. The Morgan fingerprint density at radius 1 is 1.00 bits per heavy atom. The van der Waals surface area contributed by atoms with Crippen molar-refractivity contribution in [1.82, 2.24) is 19.8 Å². The molecule has 2 aliphatic rings. The first kappa shape index (κ1) is 20.9. The van der Waals surface area contributed by atoms with Crippen LogP contribution >= 0.6 is 11.6 Å². The molecule has 0 saturated carbocycles. The molecule has 1 aliphatic heterocycles. The van der Waals surface area contributed by atoms with Crippen LogP contribution in [0.5, 0.6) is 0 Å². The number of hydrogen-bond acceptors (Lipinski definition) is 4. The molecule has 0 radical (unpaired) electrons. The van der Waals surface area contributed by atoms with Crippen molar-refractivity contribution in [1.29, 1.82) is 0 Å². The van der Waals surface area contributed by atoms with Gasteiger partial charge in [0.1, 0.15) is 0 Å². The fourth-order valence-corrected chi connectivity index (χ4v) is 4.89. The van der Waals surface area contributed by atoms with Crippen LogP contribution in [0, 0.1) is 0 Å². The van der Waals surface area contributed by atoms with Gasteiger partial charge in [-0.2, -0.15) is 0 Å². The van der Waals surface area contributed by atoms with Crippen molar-refractivity contribution in [3.05, 3.63) is 100 Å². The van der Waals surface area contributed by atoms with E-state index in [-0.39, 0.29) is 11.9 Å². The first-order valence-electron chi connectivity index (χ1n) is 11.0. The number of halogens is 1. The summed E-state index contributed by atoms with van der Waals surface area (Å²) in [4.78, 5) is 26.0. The van der Waals surface area contributed by atoms with Crippen LogP contribution in [0.15, 0.2) is 67.1 Å². The van der Waals surface area contributed by atoms with Crippen molar-refractivity contribution in [2.24, 2.45) is 0 Å². The van der Waals surface area contributed by atoms with E-state index in [9.17, 15) is 4.79 Å². The zero-order valence-corrected chi connectivity index (χ0v) is 18.6. The van der Waals surface area contributed by atoms with E-state index in [1.54, 1.807) is 18.5 Å². The summed E-state index contributed by atoms with van der Waals surface area (Å²) in [6.45, 7) is 2.99. The molecule has 2 aromatic heterocycles. The van der Waals surface area contributed by atoms with Crippen molar-refractivity contribution < 1.29 is 4.79 Å². The molecule has 1 aromatic carbocycles. The maximum absolute atomic E-state index is 12.7. The van der Waals surface area contributed by atoms with Gasteiger partial charge in [-0.25, -0.2) is 0 Å². The Morgan fingerprint density at radius 3 is 2.62 bits per heavy atom. The van der Waals surface area contributed by atoms with Gasteiger partial charge in [0.15, 0.2) is 0 Å². The summed E-state index contributed by atoms with van der Waals surface area (Å²) < 4.78 is 0. The van der Waals surface area contributed by atoms with Gasteiger partial charge in [0.05, 0.1) is 11.7 Å². The van der Waals surface area contributed by atoms with Gasteiger partial charge in [0.25, 0.3) is 0 Å². The molecule has 162 valence electrons. The van der Waals surface area contributed by atoms with Crippen molar-refractivity contribution in [2.75, 3.05) is 26.2 Å². The molecule has 1 atom stereocenters. The molecule has 32 heavy (non-hydrogen) atoms. The topological polar surface area (TPSA) is 49.3 Å². The van der Waals surface area contributed by atoms with Crippen LogP contribution in [0.4, 0.5) is 0 Å². The molecule has 0 bridgehead atoms. The van der Waals surface area contributed by atoms with Crippen molar-refractivity contribution in [3.8, 4) is 0 Å². The predicted octanol–water partition coefficient (Wildman–Crippen LogP) is 4.18. The third kappa shape index (κ3) is 4.31. The number of aromatic nitrogens is 2. The number of carbonyl (C=O) groups excluding carboxylic acids is 1. The highest BCUT2D eigenvalue weighted by Gasteiger charge is 2.32. The first-order chi connectivity index (χ1) is 15.7. The van der Waals surface area contributed by atoms with E-state index in [0.29, 0.717) is 13.1 Å². The Bertz CT molecular complexity index is 1140. The molecular formula is C26H25ClN4O. The second-order valence-electron chi connectivity index (χ2n) is 8.27. The third-order valence-electron chi connectivity index (χ3n) is 6.34. The van der Waals surface area contributed by atoms with E-state index in [2.05, 4.69) is 28.1 Å². The summed E-state index contributed by atoms with van der Waals surface area (Å²) in [6.07, 6.45) is 10.8. The minimum absolute atomic E-state index is 0.0417. The highest BCUT2D eigenvalue weighted by Crippen LogP contribution is 2.37. The van der Waals surface area contributed by atoms with Gasteiger partial charge in [0, 0.05) is 55.9 Å². The minimum atomic E-state index is 0.0417. The van der Waals surface area contributed by atoms with E-state index in [0.717, 1.165) is 42.2 Å². The van der Waals surface area contributed by atoms with Crippen LogP contribution in [-0.4, -0.2) is 51.9 Å². The second-order valence-corrected chi connectivity index (χ2v) is 8.71. The molecule has 1 amide bonds. The minimum Gasteiger partial charge on any atom is -0.337 e. The normalized spacial score (nSPS) is 18.8. The van der Waals surface area contributed by atoms with Crippen LogP contribution in [0.25, 0.3) is 6.08 Å². The number of fused-ring (bicyclic) bond motifs is 2. The van der Waals surface area contributed by atoms with Gasteiger partial charge in [-0.1, -0.05) is 29.8 Å². The van der Waals surface area contributed by atoms with E-state index in [1.807, 2.05) is 41.4 Å². The number of pyridine rings is 2. The van der Waals surface area contributed by atoms with Crippen molar-refractivity contribution in [3.63, 3.8) is 0 Å². The smallest absolute Gasteiger partial charge is 0.246 e. The summed E-state index contributed by atoms with van der Waals surface area (Å²) in [7, 11) is 0. The van der Waals surface area contributed by atoms with Crippen molar-refractivity contribution in [2.45, 2.75) is 18.9 Å². The monoisotopic (exact) mass is 444 g/mol. The molecular weight excluding hydrogens is 420 g/mol. The Labute approximate surface area is 193 Å². The summed E-state index contributed by atoms with van der Waals surface area (Å²) >= 11 is 6.32. The van der Waals surface area contributed by atoms with Gasteiger partial charge < -0.3 is 4.90 Å². The number of rotatable bonds is 3. The lowest BCUT2D eigenvalue weighted by atomic mass is 9.96. The number of carbonyl (C=O) groups is 1. The molecule has 1 unspecified atom stereocenters. The average molecular weight is 445 g/mol. The molecule has 0 N–H and O–H groups in total. The maximum atomic E-state index is 12.7. The van der Waals surface area contributed by atoms with E-state index < -0.39 is 0 Å². The lowest BCUT2D eigenvalue weighted by Crippen LogP contribution is -2.49. The molecule has 5 nitrogen and oxygen atoms in total. The maximum Gasteiger partial charge on any atom is 0.246 e. The first-order valence-corrected chi connectivity index (χ1v) is 11.4. The standard InChI is InChI=1S/C26H25ClN4O/c27-22-8-9-23-21(17-22)7-6-20-4-2-12-29-25(20)26(23)31-15-13-30(14-16-31)24(32)10-5-19-3-1-11-28-18-19/h1-5,8-12,17-18,26H,6-7,13-16H2/b10-5+. The lowest BCUT2D eigenvalue weighted by Gasteiger charge is -2.39. The molecule has 6 heteroatoms. The van der Waals surface area contributed by atoms with Crippen molar-refractivity contribution >= 4 is 23.6 Å². The molecule has 3 aromatic rings. The van der Waals surface area contributed by atoms with E-state index in [1.165, 1.54) is 16.7 Å². The quantitative estimate of drug-likeness (QED) is 0.569.